The summed E-state index contributed by atoms with van der Waals surface area (Å²) in [5.41, 5.74) is -2.96. The summed E-state index contributed by atoms with van der Waals surface area (Å²) in [5, 5.41) is 10.3. The third-order valence-corrected chi connectivity index (χ3v) is 10.3. The van der Waals surface area contributed by atoms with Gasteiger partial charge in [0.1, 0.15) is 22.1 Å². The molecule has 3 aromatic rings. The van der Waals surface area contributed by atoms with Crippen molar-refractivity contribution < 1.29 is 55.0 Å². The van der Waals surface area contributed by atoms with Crippen LogP contribution in [0.5, 0.6) is 5.75 Å². The quantitative estimate of drug-likeness (QED) is 0.157. The van der Waals surface area contributed by atoms with Crippen molar-refractivity contribution in [2.75, 3.05) is 13.1 Å². The summed E-state index contributed by atoms with van der Waals surface area (Å²) < 4.78 is 104. The molecule has 1 aromatic carbocycles. The van der Waals surface area contributed by atoms with Gasteiger partial charge in [0.15, 0.2) is 0 Å². The Hall–Kier alpha value is -4.21. The fourth-order valence-corrected chi connectivity index (χ4v) is 7.84. The van der Waals surface area contributed by atoms with Gasteiger partial charge in [-0.05, 0) is 67.5 Å². The van der Waals surface area contributed by atoms with Gasteiger partial charge in [-0.1, -0.05) is 25.8 Å². The number of carboxylic acid groups (broad SMARTS) is 1. The third kappa shape index (κ3) is 8.15. The number of unbranched alkanes of at least 4 members (excludes halogenated alkanes) is 1. The number of alkyl halides is 6. The Bertz CT molecular complexity index is 1750. The molecular formula is C35H36F7N3O5S. The molecule has 276 valence electrons. The number of halogens is 7. The van der Waals surface area contributed by atoms with Crippen molar-refractivity contribution in [1.29, 1.82) is 0 Å². The van der Waals surface area contributed by atoms with Gasteiger partial charge in [-0.2, -0.15) is 26.3 Å². The second-order valence-electron chi connectivity index (χ2n) is 12.7. The zero-order chi connectivity index (χ0) is 37.1. The second kappa shape index (κ2) is 15.2. The molecule has 0 radical (unpaired) electrons. The van der Waals surface area contributed by atoms with Crippen molar-refractivity contribution in [3.8, 4) is 5.75 Å². The number of thiophene rings is 1. The second-order valence-corrected chi connectivity index (χ2v) is 13.6. The van der Waals surface area contributed by atoms with Crippen LogP contribution >= 0.6 is 11.3 Å². The van der Waals surface area contributed by atoms with E-state index < -0.39 is 69.8 Å². The van der Waals surface area contributed by atoms with E-state index in [0.29, 0.717) is 35.3 Å². The maximum absolute atomic E-state index is 15.2. The number of likely N-dealkylation sites (tertiary alicyclic amines) is 1. The Morgan fingerprint density at radius 3 is 2.45 bits per heavy atom. The van der Waals surface area contributed by atoms with Crippen LogP contribution in [-0.4, -0.2) is 62.4 Å². The van der Waals surface area contributed by atoms with Crippen molar-refractivity contribution in [3.63, 3.8) is 0 Å². The van der Waals surface area contributed by atoms with E-state index in [1.807, 2.05) is 0 Å². The molecule has 8 nitrogen and oxygen atoms in total. The molecule has 0 saturated carbocycles. The maximum Gasteiger partial charge on any atom is 0.425 e. The highest BCUT2D eigenvalue weighted by Crippen LogP contribution is 2.45. The number of hydrogen-bond donors (Lipinski definition) is 1. The van der Waals surface area contributed by atoms with Crippen LogP contribution in [0.25, 0.3) is 0 Å². The van der Waals surface area contributed by atoms with Gasteiger partial charge in [0.2, 0.25) is 5.60 Å². The summed E-state index contributed by atoms with van der Waals surface area (Å²) in [4.78, 5) is 45.9. The lowest BCUT2D eigenvalue weighted by atomic mass is 9.78. The standard InChI is InChI=1S/C35H36F7N3O5S/c1-2-7-27-33(50-23-19-28(51-20-23)35(40,41)42,14-6-16-45(27)31(48)30-25(34(37,38)39)8-5-15-43-30)32(49)44-17-13-21-18-22(36)11-12-24(21)26(44)9-3-4-10-29(46)47/h5,8,11-12,15,18-20,26-27H,2-4,6-7,9-10,13-14,16-17H2,1H3,(H,46,47)/t26?,27-,33+/m1/s1. The highest BCUT2D eigenvalue weighted by Gasteiger charge is 2.57. The fourth-order valence-electron chi connectivity index (χ4n) is 7.17. The summed E-state index contributed by atoms with van der Waals surface area (Å²) in [6.45, 7) is 1.69. The summed E-state index contributed by atoms with van der Waals surface area (Å²) in [6, 6.07) is 4.70. The molecule has 1 fully saturated rings. The molecule has 1 unspecified atom stereocenters. The van der Waals surface area contributed by atoms with Gasteiger partial charge in [-0.25, -0.2) is 4.39 Å². The normalized spacial score (nSPS) is 20.9. The van der Waals surface area contributed by atoms with Gasteiger partial charge in [0.05, 0.1) is 17.6 Å². The average Bonchev–Trinajstić information content (AvgIpc) is 3.55. The first-order valence-electron chi connectivity index (χ1n) is 16.6. The molecule has 0 bridgehead atoms. The lowest BCUT2D eigenvalue weighted by Crippen LogP contribution is -2.68. The first kappa shape index (κ1) is 38.0. The van der Waals surface area contributed by atoms with Crippen LogP contribution in [0.3, 0.4) is 0 Å². The molecule has 2 aliphatic heterocycles. The van der Waals surface area contributed by atoms with Crippen LogP contribution in [0, 0.1) is 5.82 Å². The monoisotopic (exact) mass is 743 g/mol. The molecule has 2 aromatic heterocycles. The number of hydrogen-bond acceptors (Lipinski definition) is 6. The minimum Gasteiger partial charge on any atom is -0.481 e. The van der Waals surface area contributed by atoms with Gasteiger partial charge >= 0.3 is 18.3 Å². The van der Waals surface area contributed by atoms with Crippen LogP contribution in [-0.2, 0) is 28.4 Å². The number of rotatable bonds is 11. The molecule has 0 spiro atoms. The van der Waals surface area contributed by atoms with Crippen LogP contribution in [0.1, 0.15) is 96.4 Å². The van der Waals surface area contributed by atoms with Crippen molar-refractivity contribution in [1.82, 2.24) is 14.8 Å². The van der Waals surface area contributed by atoms with Gasteiger partial charge in [-0.3, -0.25) is 19.4 Å². The summed E-state index contributed by atoms with van der Waals surface area (Å²) in [6.07, 6.45) is -7.31. The highest BCUT2D eigenvalue weighted by molar-refractivity contribution is 7.10. The molecule has 3 atom stereocenters. The molecule has 2 amide bonds. The number of aromatic nitrogens is 1. The average molecular weight is 744 g/mol. The number of fused-ring (bicyclic) bond motifs is 1. The van der Waals surface area contributed by atoms with E-state index in [9.17, 15) is 45.4 Å². The molecule has 16 heteroatoms. The number of aliphatic carboxylic acids is 1. The molecule has 2 aliphatic rings. The minimum atomic E-state index is -4.93. The van der Waals surface area contributed by atoms with Crippen molar-refractivity contribution in [2.24, 2.45) is 0 Å². The Morgan fingerprint density at radius 2 is 1.78 bits per heavy atom. The SMILES string of the molecule is CCC[C@H]1N(C(=O)c2ncccc2C(F)(F)F)CCC[C@@]1(Oc1csc(C(F)(F)F)c1)C(=O)N1CCc2cc(F)ccc2C1CCCCC(=O)O. The van der Waals surface area contributed by atoms with Crippen molar-refractivity contribution in [2.45, 2.75) is 94.7 Å². The van der Waals surface area contributed by atoms with Crippen molar-refractivity contribution in [3.05, 3.63) is 81.1 Å². The summed E-state index contributed by atoms with van der Waals surface area (Å²) in [7, 11) is 0. The molecule has 5 rings (SSSR count). The van der Waals surface area contributed by atoms with Gasteiger partial charge in [-0.15, -0.1) is 11.3 Å². The Morgan fingerprint density at radius 1 is 1.02 bits per heavy atom. The highest BCUT2D eigenvalue weighted by atomic mass is 32.1. The Kier molecular flexibility index (Phi) is 11.3. The third-order valence-electron chi connectivity index (χ3n) is 9.36. The number of carboxylic acids is 1. The van der Waals surface area contributed by atoms with E-state index in [1.54, 1.807) is 6.92 Å². The van der Waals surface area contributed by atoms with E-state index in [1.165, 1.54) is 23.1 Å². The van der Waals surface area contributed by atoms with Gasteiger partial charge in [0.25, 0.3) is 11.8 Å². The van der Waals surface area contributed by atoms with Gasteiger partial charge < -0.3 is 19.6 Å². The number of ether oxygens (including phenoxy) is 1. The van der Waals surface area contributed by atoms with E-state index in [-0.39, 0.29) is 63.8 Å². The van der Waals surface area contributed by atoms with E-state index >= 15 is 4.79 Å². The topological polar surface area (TPSA) is 100 Å². The fraction of sp³-hybridized carbons (Fsp3) is 0.486. The van der Waals surface area contributed by atoms with Crippen LogP contribution in [0.4, 0.5) is 30.7 Å². The predicted molar refractivity (Wildman–Crippen MR) is 172 cm³/mol. The van der Waals surface area contributed by atoms with E-state index in [4.69, 9.17) is 4.74 Å². The van der Waals surface area contributed by atoms with Gasteiger partial charge in [0, 0.05) is 43.6 Å². The number of pyridine rings is 1. The number of piperidine rings is 1. The number of benzene rings is 1. The van der Waals surface area contributed by atoms with Crippen molar-refractivity contribution >= 4 is 29.1 Å². The number of amides is 2. The lowest BCUT2D eigenvalue weighted by molar-refractivity contribution is -0.162. The number of carbonyl (C=O) groups is 3. The molecule has 1 saturated heterocycles. The number of carbonyl (C=O) groups excluding carboxylic acids is 2. The summed E-state index contributed by atoms with van der Waals surface area (Å²) >= 11 is 0.349. The maximum atomic E-state index is 15.2. The minimum absolute atomic E-state index is 0.0344. The first-order valence-corrected chi connectivity index (χ1v) is 17.4. The zero-order valence-electron chi connectivity index (χ0n) is 27.5. The van der Waals surface area contributed by atoms with Crippen LogP contribution < -0.4 is 4.74 Å². The smallest absolute Gasteiger partial charge is 0.425 e. The summed E-state index contributed by atoms with van der Waals surface area (Å²) in [5.74, 6) is -3.58. The Labute approximate surface area is 293 Å². The van der Waals surface area contributed by atoms with Crippen LogP contribution in [0.2, 0.25) is 0 Å². The van der Waals surface area contributed by atoms with E-state index in [0.717, 1.165) is 34.7 Å². The largest absolute Gasteiger partial charge is 0.481 e. The predicted octanol–water partition coefficient (Wildman–Crippen LogP) is 8.31. The Balaban J connectivity index is 1.62. The zero-order valence-corrected chi connectivity index (χ0v) is 28.3. The molecule has 51 heavy (non-hydrogen) atoms. The number of nitrogens with zero attached hydrogens (tertiary/aromatic N) is 3. The van der Waals surface area contributed by atoms with E-state index in [2.05, 4.69) is 4.98 Å². The lowest BCUT2D eigenvalue weighted by Gasteiger charge is -2.51. The molecule has 4 heterocycles. The first-order chi connectivity index (χ1) is 24.1. The molecule has 0 aliphatic carbocycles. The molecular weight excluding hydrogens is 707 g/mol. The van der Waals surface area contributed by atoms with Crippen LogP contribution in [0.15, 0.2) is 48.0 Å². The molecule has 1 N–H and O–H groups in total.